The molecule has 1 saturated heterocycles. The normalized spacial score (nSPS) is 25.6. The lowest BCUT2D eigenvalue weighted by Gasteiger charge is -2.48. The van der Waals surface area contributed by atoms with Crippen molar-refractivity contribution in [1.82, 2.24) is 10.2 Å². The summed E-state index contributed by atoms with van der Waals surface area (Å²) in [6.45, 7) is 5.53. The maximum atomic E-state index is 6.44. The lowest BCUT2D eigenvalue weighted by Crippen LogP contribution is -2.62. The lowest BCUT2D eigenvalue weighted by atomic mass is 9.90. The SMILES string of the molecule is CCC1CN(Cc2ccc(Br)cc2Cl)C2(CCCC2)CN1. The van der Waals surface area contributed by atoms with Gasteiger partial charge in [0.25, 0.3) is 0 Å². The molecule has 1 atom stereocenters. The second-order valence-electron chi connectivity index (χ2n) is 6.53. The van der Waals surface area contributed by atoms with E-state index in [1.807, 2.05) is 6.07 Å². The molecule has 1 unspecified atom stereocenters. The summed E-state index contributed by atoms with van der Waals surface area (Å²) in [6, 6.07) is 6.89. The van der Waals surface area contributed by atoms with Crippen molar-refractivity contribution >= 4 is 27.5 Å². The van der Waals surface area contributed by atoms with Crippen LogP contribution in [0.5, 0.6) is 0 Å². The van der Waals surface area contributed by atoms with Crippen LogP contribution >= 0.6 is 27.5 Å². The van der Waals surface area contributed by atoms with E-state index < -0.39 is 0 Å². The van der Waals surface area contributed by atoms with Gasteiger partial charge < -0.3 is 5.32 Å². The van der Waals surface area contributed by atoms with Gasteiger partial charge in [-0.3, -0.25) is 4.90 Å². The summed E-state index contributed by atoms with van der Waals surface area (Å²) in [5.41, 5.74) is 1.62. The number of halogens is 2. The van der Waals surface area contributed by atoms with Crippen LogP contribution in [0.3, 0.4) is 0 Å². The summed E-state index contributed by atoms with van der Waals surface area (Å²) in [7, 11) is 0. The van der Waals surface area contributed by atoms with Crippen molar-refractivity contribution in [2.45, 2.75) is 57.2 Å². The van der Waals surface area contributed by atoms with Gasteiger partial charge in [0, 0.05) is 40.7 Å². The van der Waals surface area contributed by atoms with Crippen molar-refractivity contribution in [3.8, 4) is 0 Å². The zero-order valence-corrected chi connectivity index (χ0v) is 15.0. The van der Waals surface area contributed by atoms with Crippen molar-refractivity contribution in [1.29, 1.82) is 0 Å². The molecule has 0 aromatic heterocycles. The van der Waals surface area contributed by atoms with Crippen molar-refractivity contribution in [2.75, 3.05) is 13.1 Å². The van der Waals surface area contributed by atoms with Gasteiger partial charge in [0.1, 0.15) is 0 Å². The summed E-state index contributed by atoms with van der Waals surface area (Å²) in [5, 5.41) is 4.64. The Morgan fingerprint density at radius 1 is 1.38 bits per heavy atom. The maximum Gasteiger partial charge on any atom is 0.0462 e. The minimum absolute atomic E-state index is 0.363. The predicted molar refractivity (Wildman–Crippen MR) is 92.8 cm³/mol. The Kier molecular flexibility index (Phi) is 4.94. The molecule has 1 aromatic rings. The monoisotopic (exact) mass is 370 g/mol. The Morgan fingerprint density at radius 3 is 2.81 bits per heavy atom. The molecule has 2 fully saturated rings. The molecule has 1 aliphatic heterocycles. The van der Waals surface area contributed by atoms with Gasteiger partial charge in [-0.05, 0) is 37.0 Å². The Hall–Kier alpha value is -0.0900. The van der Waals surface area contributed by atoms with Crippen LogP contribution in [0.4, 0.5) is 0 Å². The zero-order valence-electron chi connectivity index (χ0n) is 12.7. The second kappa shape index (κ2) is 6.57. The van der Waals surface area contributed by atoms with Crippen LogP contribution in [0.15, 0.2) is 22.7 Å². The fourth-order valence-corrected chi connectivity index (χ4v) is 4.59. The number of nitrogens with one attached hydrogen (secondary N) is 1. The molecule has 1 N–H and O–H groups in total. The number of piperazine rings is 1. The highest BCUT2D eigenvalue weighted by atomic mass is 79.9. The highest BCUT2D eigenvalue weighted by Crippen LogP contribution is 2.38. The molecule has 1 spiro atoms. The average molecular weight is 372 g/mol. The molecule has 4 heteroatoms. The van der Waals surface area contributed by atoms with E-state index in [4.69, 9.17) is 11.6 Å². The van der Waals surface area contributed by atoms with Crippen molar-refractivity contribution in [3.63, 3.8) is 0 Å². The molecule has 1 aliphatic carbocycles. The summed E-state index contributed by atoms with van der Waals surface area (Å²) in [4.78, 5) is 2.71. The number of hydrogen-bond donors (Lipinski definition) is 1. The number of hydrogen-bond acceptors (Lipinski definition) is 2. The third-order valence-corrected chi connectivity index (χ3v) is 6.08. The molecule has 2 aliphatic rings. The van der Waals surface area contributed by atoms with Crippen molar-refractivity contribution in [3.05, 3.63) is 33.3 Å². The molecular weight excluding hydrogens is 348 g/mol. The average Bonchev–Trinajstić information content (AvgIpc) is 2.94. The van der Waals surface area contributed by atoms with E-state index in [1.165, 1.54) is 37.7 Å². The topological polar surface area (TPSA) is 15.3 Å². The minimum atomic E-state index is 0.363. The summed E-state index contributed by atoms with van der Waals surface area (Å²) in [6.07, 6.45) is 6.57. The van der Waals surface area contributed by atoms with Crippen LogP contribution in [-0.4, -0.2) is 29.6 Å². The van der Waals surface area contributed by atoms with Crippen molar-refractivity contribution < 1.29 is 0 Å². The van der Waals surface area contributed by atoms with Crippen LogP contribution in [0.2, 0.25) is 5.02 Å². The maximum absolute atomic E-state index is 6.44. The largest absolute Gasteiger partial charge is 0.311 e. The first-order chi connectivity index (χ1) is 10.1. The summed E-state index contributed by atoms with van der Waals surface area (Å²) < 4.78 is 1.05. The van der Waals surface area contributed by atoms with Gasteiger partial charge in [0.2, 0.25) is 0 Å². The van der Waals surface area contributed by atoms with E-state index in [-0.39, 0.29) is 0 Å². The van der Waals surface area contributed by atoms with Gasteiger partial charge in [-0.2, -0.15) is 0 Å². The molecule has 2 nitrogen and oxygen atoms in total. The molecule has 3 rings (SSSR count). The molecule has 21 heavy (non-hydrogen) atoms. The molecule has 1 aromatic carbocycles. The van der Waals surface area contributed by atoms with Crippen LogP contribution in [0.1, 0.15) is 44.6 Å². The molecule has 1 saturated carbocycles. The van der Waals surface area contributed by atoms with Gasteiger partial charge in [-0.15, -0.1) is 0 Å². The van der Waals surface area contributed by atoms with Gasteiger partial charge in [0.15, 0.2) is 0 Å². The Labute approximate surface area is 141 Å². The minimum Gasteiger partial charge on any atom is -0.311 e. The quantitative estimate of drug-likeness (QED) is 0.835. The van der Waals surface area contributed by atoms with E-state index in [1.54, 1.807) is 0 Å². The zero-order chi connectivity index (χ0) is 14.9. The van der Waals surface area contributed by atoms with Crippen LogP contribution < -0.4 is 5.32 Å². The Balaban J connectivity index is 1.81. The second-order valence-corrected chi connectivity index (χ2v) is 7.86. The third kappa shape index (κ3) is 3.31. The molecule has 0 bridgehead atoms. The summed E-state index contributed by atoms with van der Waals surface area (Å²) >= 11 is 9.94. The van der Waals surface area contributed by atoms with E-state index in [2.05, 4.69) is 45.2 Å². The van der Waals surface area contributed by atoms with E-state index in [0.717, 1.165) is 29.1 Å². The summed E-state index contributed by atoms with van der Waals surface area (Å²) in [5.74, 6) is 0. The molecule has 0 radical (unpaired) electrons. The fraction of sp³-hybridized carbons (Fsp3) is 0.647. The number of benzene rings is 1. The van der Waals surface area contributed by atoms with E-state index >= 15 is 0 Å². The van der Waals surface area contributed by atoms with E-state index in [9.17, 15) is 0 Å². The fourth-order valence-electron chi connectivity index (χ4n) is 3.86. The first-order valence-electron chi connectivity index (χ1n) is 8.05. The molecule has 116 valence electrons. The Morgan fingerprint density at radius 2 is 2.14 bits per heavy atom. The standard InChI is InChI=1S/C17H24BrClN2/c1-2-15-11-21(17(12-20-15)7-3-4-8-17)10-13-5-6-14(18)9-16(13)19/h5-6,9,15,20H,2-4,7-8,10-12H2,1H3. The van der Waals surface area contributed by atoms with Crippen LogP contribution in [0.25, 0.3) is 0 Å². The van der Waals surface area contributed by atoms with Gasteiger partial charge in [-0.25, -0.2) is 0 Å². The third-order valence-electron chi connectivity index (χ3n) is 5.23. The predicted octanol–water partition coefficient (Wildman–Crippen LogP) is 4.60. The first-order valence-corrected chi connectivity index (χ1v) is 9.22. The van der Waals surface area contributed by atoms with Crippen molar-refractivity contribution in [2.24, 2.45) is 0 Å². The van der Waals surface area contributed by atoms with Crippen LogP contribution in [-0.2, 0) is 6.54 Å². The molecular formula is C17H24BrClN2. The lowest BCUT2D eigenvalue weighted by molar-refractivity contribution is 0.0349. The number of rotatable bonds is 3. The van der Waals surface area contributed by atoms with Gasteiger partial charge in [-0.1, -0.05) is 53.4 Å². The first kappa shape index (κ1) is 15.8. The van der Waals surface area contributed by atoms with Gasteiger partial charge in [0.05, 0.1) is 0 Å². The molecule has 0 amide bonds. The van der Waals surface area contributed by atoms with Gasteiger partial charge >= 0.3 is 0 Å². The van der Waals surface area contributed by atoms with Crippen LogP contribution in [0, 0.1) is 0 Å². The highest BCUT2D eigenvalue weighted by molar-refractivity contribution is 9.10. The number of nitrogens with zero attached hydrogens (tertiary/aromatic N) is 1. The smallest absolute Gasteiger partial charge is 0.0462 e. The van der Waals surface area contributed by atoms with E-state index in [0.29, 0.717) is 11.6 Å². The Bertz CT molecular complexity index is 500. The molecule has 1 heterocycles. The highest BCUT2D eigenvalue weighted by Gasteiger charge is 2.43.